The number of nitrogen functional groups attached to an aromatic ring is 1. The third-order valence-corrected chi connectivity index (χ3v) is 3.02. The normalized spacial score (nSPS) is 11.1. The standard InChI is InChI=1S/C12H12Cl2N2O/c1-6(2)11-10(12(15)16-17-11)8-4-3-7(13)5-9(8)14/h3-6H,1-2H3,(H2,15,16). The molecule has 0 fully saturated rings. The first-order chi connectivity index (χ1) is 8.00. The van der Waals surface area contributed by atoms with Crippen LogP contribution in [0.5, 0.6) is 0 Å². The predicted octanol–water partition coefficient (Wildman–Crippen LogP) is 4.35. The van der Waals surface area contributed by atoms with E-state index >= 15 is 0 Å². The molecule has 1 heterocycles. The third kappa shape index (κ3) is 2.26. The molecule has 0 bridgehead atoms. The Hall–Kier alpha value is -1.19. The van der Waals surface area contributed by atoms with E-state index in [0.29, 0.717) is 15.9 Å². The van der Waals surface area contributed by atoms with Gasteiger partial charge in [-0.15, -0.1) is 0 Å². The van der Waals surface area contributed by atoms with E-state index in [2.05, 4.69) is 5.16 Å². The molecule has 0 saturated heterocycles. The lowest BCUT2D eigenvalue weighted by atomic mass is 10.00. The minimum Gasteiger partial charge on any atom is -0.380 e. The van der Waals surface area contributed by atoms with Crippen molar-refractivity contribution in [3.63, 3.8) is 0 Å². The number of nitrogens with zero attached hydrogens (tertiary/aromatic N) is 1. The third-order valence-electron chi connectivity index (χ3n) is 2.47. The summed E-state index contributed by atoms with van der Waals surface area (Å²) >= 11 is 12.0. The topological polar surface area (TPSA) is 52.0 Å². The number of anilines is 1. The molecule has 0 aliphatic heterocycles. The Labute approximate surface area is 109 Å². The molecule has 90 valence electrons. The zero-order valence-corrected chi connectivity index (χ0v) is 11.0. The van der Waals surface area contributed by atoms with Crippen LogP contribution in [-0.2, 0) is 0 Å². The van der Waals surface area contributed by atoms with Gasteiger partial charge in [0.25, 0.3) is 0 Å². The van der Waals surface area contributed by atoms with E-state index in [1.807, 2.05) is 19.9 Å². The molecule has 2 N–H and O–H groups in total. The first kappa shape index (κ1) is 12.3. The largest absolute Gasteiger partial charge is 0.380 e. The van der Waals surface area contributed by atoms with Crippen molar-refractivity contribution >= 4 is 29.0 Å². The van der Waals surface area contributed by atoms with Gasteiger partial charge in [-0.05, 0) is 12.1 Å². The SMILES string of the molecule is CC(C)c1onc(N)c1-c1ccc(Cl)cc1Cl. The van der Waals surface area contributed by atoms with Crippen molar-refractivity contribution in [2.75, 3.05) is 5.73 Å². The monoisotopic (exact) mass is 270 g/mol. The summed E-state index contributed by atoms with van der Waals surface area (Å²) in [7, 11) is 0. The van der Waals surface area contributed by atoms with Crippen molar-refractivity contribution in [2.45, 2.75) is 19.8 Å². The van der Waals surface area contributed by atoms with Gasteiger partial charge in [-0.2, -0.15) is 0 Å². The van der Waals surface area contributed by atoms with Crippen LogP contribution in [-0.4, -0.2) is 5.16 Å². The molecular formula is C12H12Cl2N2O. The molecule has 0 unspecified atom stereocenters. The van der Waals surface area contributed by atoms with Gasteiger partial charge >= 0.3 is 0 Å². The average Bonchev–Trinajstić information content (AvgIpc) is 2.60. The molecule has 0 aliphatic rings. The second-order valence-electron chi connectivity index (χ2n) is 4.09. The summed E-state index contributed by atoms with van der Waals surface area (Å²) < 4.78 is 5.23. The van der Waals surface area contributed by atoms with Gasteiger partial charge in [0.1, 0.15) is 5.76 Å². The fourth-order valence-corrected chi connectivity index (χ4v) is 2.18. The second kappa shape index (κ2) is 4.59. The molecule has 5 heteroatoms. The average molecular weight is 271 g/mol. The highest BCUT2D eigenvalue weighted by Crippen LogP contribution is 2.38. The molecule has 0 amide bonds. The minimum absolute atomic E-state index is 0.182. The van der Waals surface area contributed by atoms with Crippen LogP contribution >= 0.6 is 23.2 Å². The van der Waals surface area contributed by atoms with E-state index in [9.17, 15) is 0 Å². The Morgan fingerprint density at radius 2 is 2.00 bits per heavy atom. The van der Waals surface area contributed by atoms with Gasteiger partial charge in [0.15, 0.2) is 5.82 Å². The van der Waals surface area contributed by atoms with E-state index in [4.69, 9.17) is 33.5 Å². The smallest absolute Gasteiger partial charge is 0.175 e. The van der Waals surface area contributed by atoms with Crippen LogP contribution in [0.1, 0.15) is 25.5 Å². The summed E-state index contributed by atoms with van der Waals surface area (Å²) in [6.07, 6.45) is 0. The van der Waals surface area contributed by atoms with Crippen LogP contribution < -0.4 is 5.73 Å². The van der Waals surface area contributed by atoms with Gasteiger partial charge in [-0.3, -0.25) is 0 Å². The van der Waals surface area contributed by atoms with Crippen molar-refractivity contribution in [1.29, 1.82) is 0 Å². The summed E-state index contributed by atoms with van der Waals surface area (Å²) in [6.45, 7) is 4.01. The van der Waals surface area contributed by atoms with E-state index in [0.717, 1.165) is 16.9 Å². The van der Waals surface area contributed by atoms with E-state index in [1.54, 1.807) is 12.1 Å². The highest BCUT2D eigenvalue weighted by atomic mass is 35.5. The number of halogens is 2. The fraction of sp³-hybridized carbons (Fsp3) is 0.250. The highest BCUT2D eigenvalue weighted by Gasteiger charge is 2.20. The lowest BCUT2D eigenvalue weighted by molar-refractivity contribution is 0.374. The van der Waals surface area contributed by atoms with Gasteiger partial charge in [0.05, 0.1) is 10.6 Å². The summed E-state index contributed by atoms with van der Waals surface area (Å²) in [5.74, 6) is 1.26. The summed E-state index contributed by atoms with van der Waals surface area (Å²) in [4.78, 5) is 0. The molecule has 2 rings (SSSR count). The maximum absolute atomic E-state index is 6.16. The van der Waals surface area contributed by atoms with Crippen LogP contribution in [0.2, 0.25) is 10.0 Å². The van der Waals surface area contributed by atoms with Gasteiger partial charge < -0.3 is 10.3 Å². The van der Waals surface area contributed by atoms with E-state index in [-0.39, 0.29) is 5.92 Å². The van der Waals surface area contributed by atoms with Crippen LogP contribution in [0, 0.1) is 0 Å². The molecule has 0 atom stereocenters. The van der Waals surface area contributed by atoms with Crippen molar-refractivity contribution in [1.82, 2.24) is 5.16 Å². The lowest BCUT2D eigenvalue weighted by Crippen LogP contribution is -1.92. The van der Waals surface area contributed by atoms with Crippen LogP contribution in [0.15, 0.2) is 22.7 Å². The molecule has 0 saturated carbocycles. The molecule has 0 spiro atoms. The van der Waals surface area contributed by atoms with Crippen LogP contribution in [0.3, 0.4) is 0 Å². The highest BCUT2D eigenvalue weighted by molar-refractivity contribution is 6.36. The van der Waals surface area contributed by atoms with Crippen molar-refractivity contribution < 1.29 is 4.52 Å². The summed E-state index contributed by atoms with van der Waals surface area (Å²) in [6, 6.07) is 5.26. The Bertz CT molecular complexity index is 549. The van der Waals surface area contributed by atoms with Crippen LogP contribution in [0.4, 0.5) is 5.82 Å². The molecule has 3 nitrogen and oxygen atoms in total. The van der Waals surface area contributed by atoms with Gasteiger partial charge in [0.2, 0.25) is 0 Å². The first-order valence-corrected chi connectivity index (χ1v) is 5.96. The second-order valence-corrected chi connectivity index (χ2v) is 4.93. The Morgan fingerprint density at radius 1 is 1.29 bits per heavy atom. The van der Waals surface area contributed by atoms with Crippen LogP contribution in [0.25, 0.3) is 11.1 Å². The minimum atomic E-state index is 0.182. The van der Waals surface area contributed by atoms with Crippen molar-refractivity contribution in [2.24, 2.45) is 0 Å². The summed E-state index contributed by atoms with van der Waals surface area (Å²) in [5, 5.41) is 4.91. The van der Waals surface area contributed by atoms with Gasteiger partial charge in [-0.1, -0.05) is 48.3 Å². The number of aromatic nitrogens is 1. The molecule has 0 radical (unpaired) electrons. The zero-order valence-electron chi connectivity index (χ0n) is 9.50. The number of hydrogen-bond donors (Lipinski definition) is 1. The number of rotatable bonds is 2. The first-order valence-electron chi connectivity index (χ1n) is 5.21. The molecule has 2 aromatic rings. The Morgan fingerprint density at radius 3 is 2.59 bits per heavy atom. The van der Waals surface area contributed by atoms with E-state index in [1.165, 1.54) is 0 Å². The summed E-state index contributed by atoms with van der Waals surface area (Å²) in [5.41, 5.74) is 7.36. The predicted molar refractivity (Wildman–Crippen MR) is 70.5 cm³/mol. The van der Waals surface area contributed by atoms with Gasteiger partial charge in [0, 0.05) is 16.5 Å². The number of benzene rings is 1. The fourth-order valence-electron chi connectivity index (χ4n) is 1.67. The molecule has 17 heavy (non-hydrogen) atoms. The molecule has 0 aliphatic carbocycles. The Balaban J connectivity index is 2.63. The maximum atomic E-state index is 6.16. The number of hydrogen-bond acceptors (Lipinski definition) is 3. The Kier molecular flexibility index (Phi) is 3.31. The number of nitrogens with two attached hydrogens (primary N) is 1. The molecular weight excluding hydrogens is 259 g/mol. The van der Waals surface area contributed by atoms with Gasteiger partial charge in [-0.25, -0.2) is 0 Å². The molecule has 1 aromatic carbocycles. The van der Waals surface area contributed by atoms with Crippen molar-refractivity contribution in [3.05, 3.63) is 34.0 Å². The zero-order chi connectivity index (χ0) is 12.6. The van der Waals surface area contributed by atoms with E-state index < -0.39 is 0 Å². The lowest BCUT2D eigenvalue weighted by Gasteiger charge is -2.07. The maximum Gasteiger partial charge on any atom is 0.175 e. The quantitative estimate of drug-likeness (QED) is 0.883. The van der Waals surface area contributed by atoms with Crippen molar-refractivity contribution in [3.8, 4) is 11.1 Å². The molecule has 1 aromatic heterocycles.